The number of nitrogens with one attached hydrogen (secondary N) is 2. The Balaban J connectivity index is 2.02. The summed E-state index contributed by atoms with van der Waals surface area (Å²) in [5.74, 6) is 0. The zero-order valence-corrected chi connectivity index (χ0v) is 12.6. The molecular formula is C14H18N4O2S. The summed E-state index contributed by atoms with van der Waals surface area (Å²) in [6.45, 7) is 3.73. The van der Waals surface area contributed by atoms with Crippen molar-refractivity contribution in [3.8, 4) is 0 Å². The SMILES string of the molecule is CCNCc1ccc(S(=O)(=O)NCc2cccnc2)nc1. The van der Waals surface area contributed by atoms with Gasteiger partial charge in [-0.3, -0.25) is 4.98 Å². The minimum Gasteiger partial charge on any atom is -0.313 e. The molecule has 0 saturated heterocycles. The lowest BCUT2D eigenvalue weighted by atomic mass is 10.3. The first kappa shape index (κ1) is 15.6. The number of aromatic nitrogens is 2. The van der Waals surface area contributed by atoms with Crippen LogP contribution in [0.1, 0.15) is 18.1 Å². The molecule has 2 aromatic rings. The number of nitrogens with zero attached hydrogens (tertiary/aromatic N) is 2. The Morgan fingerprint density at radius 1 is 1.10 bits per heavy atom. The maximum absolute atomic E-state index is 12.1. The molecule has 7 heteroatoms. The number of hydrogen-bond acceptors (Lipinski definition) is 5. The highest BCUT2D eigenvalue weighted by molar-refractivity contribution is 7.89. The van der Waals surface area contributed by atoms with E-state index in [1.165, 1.54) is 6.07 Å². The molecule has 0 unspecified atom stereocenters. The van der Waals surface area contributed by atoms with E-state index in [2.05, 4.69) is 20.0 Å². The quantitative estimate of drug-likeness (QED) is 0.799. The van der Waals surface area contributed by atoms with E-state index in [-0.39, 0.29) is 11.6 Å². The lowest BCUT2D eigenvalue weighted by Gasteiger charge is -2.07. The minimum atomic E-state index is -3.61. The van der Waals surface area contributed by atoms with Crippen molar-refractivity contribution in [2.75, 3.05) is 6.54 Å². The molecule has 0 aromatic carbocycles. The second kappa shape index (κ2) is 7.26. The third kappa shape index (κ3) is 4.59. The highest BCUT2D eigenvalue weighted by Crippen LogP contribution is 2.07. The van der Waals surface area contributed by atoms with Crippen LogP contribution < -0.4 is 10.0 Å². The first-order valence-electron chi connectivity index (χ1n) is 6.66. The average Bonchev–Trinajstić information content (AvgIpc) is 2.52. The van der Waals surface area contributed by atoms with Crippen LogP contribution in [0, 0.1) is 0 Å². The van der Waals surface area contributed by atoms with Crippen molar-refractivity contribution in [2.24, 2.45) is 0 Å². The summed E-state index contributed by atoms with van der Waals surface area (Å²) in [6.07, 6.45) is 4.83. The zero-order valence-electron chi connectivity index (χ0n) is 11.8. The molecule has 0 aliphatic rings. The van der Waals surface area contributed by atoms with Crippen molar-refractivity contribution in [3.63, 3.8) is 0 Å². The lowest BCUT2D eigenvalue weighted by molar-refractivity contribution is 0.577. The average molecular weight is 306 g/mol. The summed E-state index contributed by atoms with van der Waals surface area (Å²) in [5.41, 5.74) is 1.74. The standard InChI is InChI=1S/C14H18N4O2S/c1-2-15-8-13-5-6-14(17-10-13)21(19,20)18-11-12-4-3-7-16-9-12/h3-7,9-10,15,18H,2,8,11H2,1H3. The zero-order chi connectivity index (χ0) is 15.1. The van der Waals surface area contributed by atoms with E-state index in [1.54, 1.807) is 30.7 Å². The summed E-state index contributed by atoms with van der Waals surface area (Å²) in [5, 5.41) is 3.18. The summed E-state index contributed by atoms with van der Waals surface area (Å²) in [7, 11) is -3.61. The third-order valence-corrected chi connectivity index (χ3v) is 4.16. The molecule has 0 amide bonds. The monoisotopic (exact) mass is 306 g/mol. The van der Waals surface area contributed by atoms with Crippen LogP contribution in [0.4, 0.5) is 0 Å². The maximum Gasteiger partial charge on any atom is 0.258 e. The molecule has 2 rings (SSSR count). The molecule has 0 aliphatic carbocycles. The van der Waals surface area contributed by atoms with Crippen LogP contribution >= 0.6 is 0 Å². The van der Waals surface area contributed by atoms with Crippen molar-refractivity contribution in [1.29, 1.82) is 0 Å². The van der Waals surface area contributed by atoms with E-state index < -0.39 is 10.0 Å². The molecule has 2 aromatic heterocycles. The van der Waals surface area contributed by atoms with Gasteiger partial charge in [-0.25, -0.2) is 18.1 Å². The van der Waals surface area contributed by atoms with E-state index in [1.807, 2.05) is 13.0 Å². The molecule has 0 radical (unpaired) electrons. The molecule has 2 heterocycles. The van der Waals surface area contributed by atoms with Gasteiger partial charge in [0.1, 0.15) is 0 Å². The Bertz CT molecular complexity index is 657. The van der Waals surface area contributed by atoms with Crippen LogP contribution in [0.15, 0.2) is 47.9 Å². The topological polar surface area (TPSA) is 84.0 Å². The van der Waals surface area contributed by atoms with Gasteiger partial charge in [-0.2, -0.15) is 0 Å². The first-order chi connectivity index (χ1) is 10.1. The fraction of sp³-hybridized carbons (Fsp3) is 0.286. The predicted molar refractivity (Wildman–Crippen MR) is 79.9 cm³/mol. The number of rotatable bonds is 7. The summed E-state index contributed by atoms with van der Waals surface area (Å²) in [6, 6.07) is 6.84. The van der Waals surface area contributed by atoms with Crippen LogP contribution in [0.2, 0.25) is 0 Å². The Kier molecular flexibility index (Phi) is 5.38. The van der Waals surface area contributed by atoms with E-state index in [9.17, 15) is 8.42 Å². The Hall–Kier alpha value is -1.83. The highest BCUT2D eigenvalue weighted by Gasteiger charge is 2.15. The smallest absolute Gasteiger partial charge is 0.258 e. The molecule has 0 aliphatic heterocycles. The van der Waals surface area contributed by atoms with Crippen LogP contribution in [-0.4, -0.2) is 24.9 Å². The third-order valence-electron chi connectivity index (χ3n) is 2.84. The maximum atomic E-state index is 12.1. The van der Waals surface area contributed by atoms with Gasteiger partial charge >= 0.3 is 0 Å². The molecule has 0 fully saturated rings. The minimum absolute atomic E-state index is 0.0200. The predicted octanol–water partition coefficient (Wildman–Crippen LogP) is 1.06. The van der Waals surface area contributed by atoms with E-state index in [4.69, 9.17) is 0 Å². The lowest BCUT2D eigenvalue weighted by Crippen LogP contribution is -2.24. The van der Waals surface area contributed by atoms with Gasteiger partial charge in [-0.15, -0.1) is 0 Å². The second-order valence-corrected chi connectivity index (χ2v) is 6.18. The van der Waals surface area contributed by atoms with E-state index >= 15 is 0 Å². The van der Waals surface area contributed by atoms with Gasteiger partial charge in [-0.05, 0) is 29.8 Å². The number of pyridine rings is 2. The van der Waals surface area contributed by atoms with Crippen molar-refractivity contribution < 1.29 is 8.42 Å². The molecule has 0 bridgehead atoms. The molecule has 2 N–H and O–H groups in total. The fourth-order valence-electron chi connectivity index (χ4n) is 1.70. The fourth-order valence-corrected chi connectivity index (χ4v) is 2.64. The molecule has 0 saturated carbocycles. The molecule has 0 atom stereocenters. The molecule has 21 heavy (non-hydrogen) atoms. The van der Waals surface area contributed by atoms with Crippen LogP contribution in [0.3, 0.4) is 0 Å². The van der Waals surface area contributed by atoms with Gasteiger partial charge in [0.05, 0.1) is 0 Å². The van der Waals surface area contributed by atoms with Crippen molar-refractivity contribution in [3.05, 3.63) is 54.0 Å². The molecular weight excluding hydrogens is 288 g/mol. The first-order valence-corrected chi connectivity index (χ1v) is 8.14. The van der Waals surface area contributed by atoms with Crippen LogP contribution in [0.25, 0.3) is 0 Å². The Morgan fingerprint density at radius 3 is 2.52 bits per heavy atom. The Labute approximate surface area is 124 Å². The van der Waals surface area contributed by atoms with Crippen molar-refractivity contribution in [1.82, 2.24) is 20.0 Å². The number of hydrogen-bond donors (Lipinski definition) is 2. The van der Waals surface area contributed by atoms with Crippen molar-refractivity contribution in [2.45, 2.75) is 25.0 Å². The highest BCUT2D eigenvalue weighted by atomic mass is 32.2. The second-order valence-electron chi connectivity index (χ2n) is 4.47. The largest absolute Gasteiger partial charge is 0.313 e. The van der Waals surface area contributed by atoms with Gasteiger partial charge < -0.3 is 5.32 Å². The number of sulfonamides is 1. The summed E-state index contributed by atoms with van der Waals surface area (Å²) >= 11 is 0. The van der Waals surface area contributed by atoms with Gasteiger partial charge in [0.2, 0.25) is 0 Å². The molecule has 0 spiro atoms. The van der Waals surface area contributed by atoms with Crippen molar-refractivity contribution >= 4 is 10.0 Å². The van der Waals surface area contributed by atoms with E-state index in [0.29, 0.717) is 6.54 Å². The van der Waals surface area contributed by atoms with Crippen LogP contribution in [-0.2, 0) is 23.1 Å². The van der Waals surface area contributed by atoms with Gasteiger partial charge in [0, 0.05) is 31.7 Å². The summed E-state index contributed by atoms with van der Waals surface area (Å²) < 4.78 is 26.8. The Morgan fingerprint density at radius 2 is 1.90 bits per heavy atom. The van der Waals surface area contributed by atoms with Crippen LogP contribution in [0.5, 0.6) is 0 Å². The van der Waals surface area contributed by atoms with Gasteiger partial charge in [0.25, 0.3) is 10.0 Å². The van der Waals surface area contributed by atoms with Gasteiger partial charge in [0.15, 0.2) is 5.03 Å². The molecule has 6 nitrogen and oxygen atoms in total. The van der Waals surface area contributed by atoms with E-state index in [0.717, 1.165) is 17.7 Å². The summed E-state index contributed by atoms with van der Waals surface area (Å²) in [4.78, 5) is 7.95. The van der Waals surface area contributed by atoms with Gasteiger partial charge in [-0.1, -0.05) is 19.1 Å². The molecule has 112 valence electrons. The normalized spacial score (nSPS) is 11.5.